The van der Waals surface area contributed by atoms with Crippen molar-refractivity contribution >= 4 is 5.91 Å². The van der Waals surface area contributed by atoms with Crippen LogP contribution in [-0.4, -0.2) is 31.6 Å². The molecule has 3 nitrogen and oxygen atoms in total. The lowest BCUT2D eigenvalue weighted by molar-refractivity contribution is -0.147. The minimum atomic E-state index is -2.55. The van der Waals surface area contributed by atoms with Crippen LogP contribution in [0.2, 0.25) is 0 Å². The Bertz CT molecular complexity index is 248. The Morgan fingerprint density at radius 1 is 1.73 bits per heavy atom. The van der Waals surface area contributed by atoms with Crippen LogP contribution in [0.5, 0.6) is 0 Å². The molecule has 0 aliphatic heterocycles. The maximum absolute atomic E-state index is 12.6. The van der Waals surface area contributed by atoms with Gasteiger partial charge < -0.3 is 10.1 Å². The molecule has 0 aromatic heterocycles. The molecule has 0 saturated heterocycles. The van der Waals surface area contributed by atoms with E-state index in [1.54, 1.807) is 0 Å². The second-order valence-electron chi connectivity index (χ2n) is 3.75. The zero-order chi connectivity index (χ0) is 11.5. The first-order chi connectivity index (χ1) is 6.98. The van der Waals surface area contributed by atoms with E-state index >= 15 is 0 Å². The molecule has 1 fully saturated rings. The number of carbonyl (C=O) groups is 1. The van der Waals surface area contributed by atoms with Crippen molar-refractivity contribution in [2.24, 2.45) is 5.92 Å². The monoisotopic (exact) mass is 219 g/mol. The van der Waals surface area contributed by atoms with Gasteiger partial charge >= 0.3 is 0 Å². The van der Waals surface area contributed by atoms with Crippen molar-refractivity contribution in [2.45, 2.75) is 24.9 Å². The van der Waals surface area contributed by atoms with E-state index in [4.69, 9.17) is 4.74 Å². The summed E-state index contributed by atoms with van der Waals surface area (Å²) in [5.74, 6) is -3.04. The Kier molecular flexibility index (Phi) is 3.79. The summed E-state index contributed by atoms with van der Waals surface area (Å²) < 4.78 is 30.2. The topological polar surface area (TPSA) is 38.3 Å². The van der Waals surface area contributed by atoms with Crippen LogP contribution in [0.1, 0.15) is 12.8 Å². The second-order valence-corrected chi connectivity index (χ2v) is 3.75. The summed E-state index contributed by atoms with van der Waals surface area (Å²) in [5, 5.41) is 2.53. The van der Waals surface area contributed by atoms with Crippen LogP contribution in [0.15, 0.2) is 12.7 Å². The SMILES string of the molecule is C=CC(=O)NCC(OC)C1CC(F)(F)C1. The number of carbonyl (C=O) groups excluding carboxylic acids is 1. The molecule has 0 heterocycles. The van der Waals surface area contributed by atoms with Crippen LogP contribution in [0.25, 0.3) is 0 Å². The molecule has 86 valence electrons. The van der Waals surface area contributed by atoms with Gasteiger partial charge in [0.05, 0.1) is 6.10 Å². The van der Waals surface area contributed by atoms with Crippen LogP contribution in [-0.2, 0) is 9.53 Å². The van der Waals surface area contributed by atoms with Gasteiger partial charge in [0.1, 0.15) is 0 Å². The van der Waals surface area contributed by atoms with Gasteiger partial charge in [0, 0.05) is 26.5 Å². The van der Waals surface area contributed by atoms with Gasteiger partial charge in [-0.15, -0.1) is 0 Å². The third kappa shape index (κ3) is 3.27. The van der Waals surface area contributed by atoms with Crippen molar-refractivity contribution in [2.75, 3.05) is 13.7 Å². The summed E-state index contributed by atoms with van der Waals surface area (Å²) in [6.45, 7) is 3.55. The number of ether oxygens (including phenoxy) is 1. The van der Waals surface area contributed by atoms with Crippen molar-refractivity contribution in [3.8, 4) is 0 Å². The molecule has 1 aliphatic rings. The fraction of sp³-hybridized carbons (Fsp3) is 0.700. The fourth-order valence-electron chi connectivity index (χ4n) is 1.69. The molecule has 0 spiro atoms. The fourth-order valence-corrected chi connectivity index (χ4v) is 1.69. The van der Waals surface area contributed by atoms with Gasteiger partial charge in [0.2, 0.25) is 11.8 Å². The first kappa shape index (κ1) is 12.1. The minimum absolute atomic E-state index is 0.157. The van der Waals surface area contributed by atoms with Gasteiger partial charge in [-0.1, -0.05) is 6.58 Å². The molecule has 0 aromatic carbocycles. The van der Waals surface area contributed by atoms with E-state index in [0.29, 0.717) is 0 Å². The lowest BCUT2D eigenvalue weighted by Crippen LogP contribution is -2.47. The lowest BCUT2D eigenvalue weighted by atomic mass is 9.77. The van der Waals surface area contributed by atoms with Crippen molar-refractivity contribution in [3.05, 3.63) is 12.7 Å². The number of nitrogens with one attached hydrogen (secondary N) is 1. The quantitative estimate of drug-likeness (QED) is 0.709. The van der Waals surface area contributed by atoms with Crippen molar-refractivity contribution in [3.63, 3.8) is 0 Å². The highest BCUT2D eigenvalue weighted by Gasteiger charge is 2.48. The molecule has 1 rings (SSSR count). The molecule has 5 heteroatoms. The number of halogens is 2. The van der Waals surface area contributed by atoms with Gasteiger partial charge in [0.25, 0.3) is 0 Å². The Morgan fingerprint density at radius 3 is 2.73 bits per heavy atom. The largest absolute Gasteiger partial charge is 0.379 e. The van der Waals surface area contributed by atoms with Crippen LogP contribution < -0.4 is 5.32 Å². The number of methoxy groups -OCH3 is 1. The number of amides is 1. The maximum Gasteiger partial charge on any atom is 0.248 e. The molecule has 0 bridgehead atoms. The van der Waals surface area contributed by atoms with Crippen LogP contribution in [0, 0.1) is 5.92 Å². The average molecular weight is 219 g/mol. The molecule has 1 atom stereocenters. The summed E-state index contributed by atoms with van der Waals surface area (Å²) in [6, 6.07) is 0. The second kappa shape index (κ2) is 4.70. The summed E-state index contributed by atoms with van der Waals surface area (Å²) in [4.78, 5) is 10.9. The molecule has 1 saturated carbocycles. The molecular formula is C10H15F2NO2. The molecule has 1 unspecified atom stereocenters. The predicted octanol–water partition coefficient (Wildman–Crippen LogP) is 1.35. The predicted molar refractivity (Wildman–Crippen MR) is 51.7 cm³/mol. The summed E-state index contributed by atoms with van der Waals surface area (Å²) >= 11 is 0. The van der Waals surface area contributed by atoms with Crippen molar-refractivity contribution < 1.29 is 18.3 Å². The third-order valence-corrected chi connectivity index (χ3v) is 2.61. The van der Waals surface area contributed by atoms with E-state index in [1.165, 1.54) is 7.11 Å². The van der Waals surface area contributed by atoms with Crippen LogP contribution in [0.3, 0.4) is 0 Å². The standard InChI is InChI=1S/C10H15F2NO2/c1-3-9(14)13-6-8(15-2)7-4-10(11,12)5-7/h3,7-8H,1,4-6H2,2H3,(H,13,14). The van der Waals surface area contributed by atoms with E-state index in [2.05, 4.69) is 11.9 Å². The first-order valence-corrected chi connectivity index (χ1v) is 4.79. The lowest BCUT2D eigenvalue weighted by Gasteiger charge is -2.39. The third-order valence-electron chi connectivity index (χ3n) is 2.61. The van der Waals surface area contributed by atoms with E-state index < -0.39 is 5.92 Å². The summed E-state index contributed by atoms with van der Waals surface area (Å²) in [5.41, 5.74) is 0. The number of alkyl halides is 2. The highest BCUT2D eigenvalue weighted by atomic mass is 19.3. The Hall–Kier alpha value is -0.970. The Morgan fingerprint density at radius 2 is 2.33 bits per heavy atom. The minimum Gasteiger partial charge on any atom is -0.379 e. The molecule has 0 radical (unpaired) electrons. The number of hydrogen-bond acceptors (Lipinski definition) is 2. The molecule has 0 aromatic rings. The number of hydrogen-bond donors (Lipinski definition) is 1. The Labute approximate surface area is 87.5 Å². The van der Waals surface area contributed by atoms with Crippen molar-refractivity contribution in [1.29, 1.82) is 0 Å². The molecule has 1 amide bonds. The highest BCUT2D eigenvalue weighted by Crippen LogP contribution is 2.44. The van der Waals surface area contributed by atoms with E-state index in [9.17, 15) is 13.6 Å². The van der Waals surface area contributed by atoms with Gasteiger partial charge in [0.15, 0.2) is 0 Å². The van der Waals surface area contributed by atoms with E-state index in [-0.39, 0.29) is 37.3 Å². The zero-order valence-electron chi connectivity index (χ0n) is 8.63. The van der Waals surface area contributed by atoms with Gasteiger partial charge in [-0.2, -0.15) is 0 Å². The molecule has 1 N–H and O–H groups in total. The van der Waals surface area contributed by atoms with Crippen LogP contribution in [0.4, 0.5) is 8.78 Å². The smallest absolute Gasteiger partial charge is 0.248 e. The van der Waals surface area contributed by atoms with E-state index in [1.807, 2.05) is 0 Å². The molecular weight excluding hydrogens is 204 g/mol. The number of rotatable bonds is 5. The van der Waals surface area contributed by atoms with E-state index in [0.717, 1.165) is 6.08 Å². The maximum atomic E-state index is 12.6. The zero-order valence-corrected chi connectivity index (χ0v) is 8.63. The molecule has 1 aliphatic carbocycles. The first-order valence-electron chi connectivity index (χ1n) is 4.79. The van der Waals surface area contributed by atoms with Crippen molar-refractivity contribution in [1.82, 2.24) is 5.32 Å². The van der Waals surface area contributed by atoms with Crippen LogP contribution >= 0.6 is 0 Å². The van der Waals surface area contributed by atoms with Gasteiger partial charge in [-0.05, 0) is 12.0 Å². The van der Waals surface area contributed by atoms with Gasteiger partial charge in [-0.3, -0.25) is 4.79 Å². The van der Waals surface area contributed by atoms with Gasteiger partial charge in [-0.25, -0.2) is 8.78 Å². The highest BCUT2D eigenvalue weighted by molar-refractivity contribution is 5.86. The molecule has 15 heavy (non-hydrogen) atoms. The summed E-state index contributed by atoms with van der Waals surface area (Å²) in [6.07, 6.45) is 0.487. The normalized spacial score (nSPS) is 21.5. The summed E-state index contributed by atoms with van der Waals surface area (Å²) in [7, 11) is 1.46. The Balaban J connectivity index is 2.31. The average Bonchev–Trinajstić information content (AvgIpc) is 2.15.